The molecule has 0 bridgehead atoms. The molecule has 0 unspecified atom stereocenters. The SMILES string of the molecule is Cc1ccccc1CNC(=O)n1nc(-c2cc(NC(=O)c3ccc(Cl)cc3)ccc2O)cc1C1CCC1. The highest BCUT2D eigenvalue weighted by Crippen LogP contribution is 2.39. The predicted octanol–water partition coefficient (Wildman–Crippen LogP) is 6.50. The minimum atomic E-state index is -0.317. The van der Waals surface area contributed by atoms with E-state index in [-0.39, 0.29) is 23.6 Å². The zero-order valence-electron chi connectivity index (χ0n) is 20.4. The quantitative estimate of drug-likeness (QED) is 0.256. The molecule has 4 aromatic rings. The van der Waals surface area contributed by atoms with E-state index < -0.39 is 0 Å². The number of phenols is 1. The maximum absolute atomic E-state index is 13.2. The number of amides is 2. The highest BCUT2D eigenvalue weighted by molar-refractivity contribution is 6.30. The molecule has 1 aliphatic carbocycles. The van der Waals surface area contributed by atoms with E-state index in [9.17, 15) is 14.7 Å². The summed E-state index contributed by atoms with van der Waals surface area (Å²) < 4.78 is 1.41. The lowest BCUT2D eigenvalue weighted by Crippen LogP contribution is -2.31. The number of aromatic nitrogens is 2. The lowest BCUT2D eigenvalue weighted by Gasteiger charge is -2.25. The van der Waals surface area contributed by atoms with Crippen LogP contribution in [-0.4, -0.2) is 26.8 Å². The summed E-state index contributed by atoms with van der Waals surface area (Å²) in [6.07, 6.45) is 3.08. The first-order valence-corrected chi connectivity index (χ1v) is 12.6. The van der Waals surface area contributed by atoms with Gasteiger partial charge < -0.3 is 15.7 Å². The Labute approximate surface area is 220 Å². The number of carbonyl (C=O) groups is 2. The number of hydrogen-bond acceptors (Lipinski definition) is 4. The second-order valence-electron chi connectivity index (χ2n) is 9.27. The van der Waals surface area contributed by atoms with Crippen molar-refractivity contribution in [3.05, 3.63) is 100 Å². The molecule has 1 fully saturated rings. The van der Waals surface area contributed by atoms with E-state index >= 15 is 0 Å². The van der Waals surface area contributed by atoms with E-state index in [1.54, 1.807) is 36.4 Å². The van der Waals surface area contributed by atoms with Crippen LogP contribution in [-0.2, 0) is 6.54 Å². The molecule has 1 heterocycles. The van der Waals surface area contributed by atoms with Crippen LogP contribution in [0.25, 0.3) is 11.3 Å². The van der Waals surface area contributed by atoms with Gasteiger partial charge in [0.1, 0.15) is 5.75 Å². The lowest BCUT2D eigenvalue weighted by molar-refractivity contribution is 0.102. The van der Waals surface area contributed by atoms with E-state index in [2.05, 4.69) is 15.7 Å². The van der Waals surface area contributed by atoms with Gasteiger partial charge in [0.05, 0.1) is 11.4 Å². The molecule has 0 radical (unpaired) electrons. The number of halogens is 1. The molecule has 37 heavy (non-hydrogen) atoms. The Morgan fingerprint density at radius 1 is 1.05 bits per heavy atom. The number of rotatable bonds is 6. The zero-order valence-corrected chi connectivity index (χ0v) is 21.1. The van der Waals surface area contributed by atoms with Crippen LogP contribution in [0.1, 0.15) is 52.4 Å². The Hall–Kier alpha value is -4.10. The van der Waals surface area contributed by atoms with Crippen LogP contribution < -0.4 is 10.6 Å². The van der Waals surface area contributed by atoms with Crippen LogP contribution in [0.2, 0.25) is 5.02 Å². The van der Waals surface area contributed by atoms with Crippen LogP contribution in [0.3, 0.4) is 0 Å². The summed E-state index contributed by atoms with van der Waals surface area (Å²) in [7, 11) is 0. The van der Waals surface area contributed by atoms with E-state index in [0.29, 0.717) is 34.1 Å². The Balaban J connectivity index is 1.40. The van der Waals surface area contributed by atoms with E-state index in [1.807, 2.05) is 37.3 Å². The first kappa shape index (κ1) is 24.6. The Bertz CT molecular complexity index is 1460. The fraction of sp³-hybridized carbons (Fsp3) is 0.207. The van der Waals surface area contributed by atoms with Crippen LogP contribution in [0.5, 0.6) is 5.75 Å². The molecule has 0 saturated heterocycles. The topological polar surface area (TPSA) is 96.3 Å². The van der Waals surface area contributed by atoms with Crippen molar-refractivity contribution in [2.45, 2.75) is 38.6 Å². The van der Waals surface area contributed by atoms with Crippen molar-refractivity contribution in [3.63, 3.8) is 0 Å². The smallest absolute Gasteiger partial charge is 0.342 e. The molecule has 1 saturated carbocycles. The van der Waals surface area contributed by atoms with Crippen LogP contribution in [0.4, 0.5) is 10.5 Å². The van der Waals surface area contributed by atoms with Gasteiger partial charge in [-0.2, -0.15) is 9.78 Å². The molecule has 1 aromatic heterocycles. The number of carbonyl (C=O) groups excluding carboxylic acids is 2. The first-order valence-electron chi connectivity index (χ1n) is 12.2. The summed E-state index contributed by atoms with van der Waals surface area (Å²) in [6.45, 7) is 2.40. The van der Waals surface area contributed by atoms with Crippen molar-refractivity contribution in [2.75, 3.05) is 5.32 Å². The maximum Gasteiger partial charge on any atom is 0.342 e. The van der Waals surface area contributed by atoms with Gasteiger partial charge in [-0.3, -0.25) is 4.79 Å². The normalized spacial score (nSPS) is 13.1. The molecule has 2 amide bonds. The molecule has 0 spiro atoms. The molecule has 7 nitrogen and oxygen atoms in total. The summed E-state index contributed by atoms with van der Waals surface area (Å²) >= 11 is 5.92. The number of aromatic hydroxyl groups is 1. The second-order valence-corrected chi connectivity index (χ2v) is 9.71. The third-order valence-electron chi connectivity index (χ3n) is 6.78. The number of benzene rings is 3. The number of hydrogen-bond donors (Lipinski definition) is 3. The molecule has 1 aliphatic rings. The van der Waals surface area contributed by atoms with Gasteiger partial charge >= 0.3 is 6.03 Å². The summed E-state index contributed by atoms with van der Waals surface area (Å²) in [4.78, 5) is 25.8. The van der Waals surface area contributed by atoms with E-state index in [1.165, 1.54) is 10.7 Å². The minimum absolute atomic E-state index is 0.00891. The van der Waals surface area contributed by atoms with Crippen molar-refractivity contribution in [3.8, 4) is 17.0 Å². The van der Waals surface area contributed by atoms with E-state index in [0.717, 1.165) is 36.1 Å². The first-order chi connectivity index (χ1) is 17.9. The van der Waals surface area contributed by atoms with Gasteiger partial charge in [0.2, 0.25) is 0 Å². The van der Waals surface area contributed by atoms with Crippen LogP contribution in [0, 0.1) is 6.92 Å². The third-order valence-corrected chi connectivity index (χ3v) is 7.03. The number of anilines is 1. The van der Waals surface area contributed by atoms with Gasteiger partial charge in [0.25, 0.3) is 5.91 Å². The molecule has 8 heteroatoms. The van der Waals surface area contributed by atoms with E-state index in [4.69, 9.17) is 11.6 Å². The van der Waals surface area contributed by atoms with Crippen molar-refractivity contribution in [1.82, 2.24) is 15.1 Å². The van der Waals surface area contributed by atoms with Gasteiger partial charge in [0.15, 0.2) is 0 Å². The van der Waals surface area contributed by atoms with Crippen LogP contribution in [0.15, 0.2) is 72.8 Å². The Kier molecular flexibility index (Phi) is 6.97. The highest BCUT2D eigenvalue weighted by Gasteiger charge is 2.27. The largest absolute Gasteiger partial charge is 0.507 e. The molecule has 3 N–H and O–H groups in total. The van der Waals surface area contributed by atoms with Gasteiger partial charge in [0, 0.05) is 34.3 Å². The van der Waals surface area contributed by atoms with Gasteiger partial charge in [-0.25, -0.2) is 4.79 Å². The van der Waals surface area contributed by atoms with Crippen molar-refractivity contribution in [1.29, 1.82) is 0 Å². The number of nitrogens with zero attached hydrogens (tertiary/aromatic N) is 2. The summed E-state index contributed by atoms with van der Waals surface area (Å²) in [5.41, 5.74) is 4.81. The summed E-state index contributed by atoms with van der Waals surface area (Å²) in [5.74, 6) is -0.0559. The number of aryl methyl sites for hydroxylation is 1. The molecule has 5 rings (SSSR count). The van der Waals surface area contributed by atoms with Crippen molar-refractivity contribution >= 4 is 29.2 Å². The Morgan fingerprint density at radius 3 is 2.51 bits per heavy atom. The fourth-order valence-corrected chi connectivity index (χ4v) is 4.49. The molecule has 0 atom stereocenters. The minimum Gasteiger partial charge on any atom is -0.507 e. The molecule has 3 aromatic carbocycles. The number of phenolic OH excluding ortho intramolecular Hbond substituents is 1. The van der Waals surface area contributed by atoms with Gasteiger partial charge in [-0.1, -0.05) is 42.3 Å². The summed E-state index contributed by atoms with van der Waals surface area (Å²) in [6, 6.07) is 20.8. The third kappa shape index (κ3) is 5.37. The molecular weight excluding hydrogens is 488 g/mol. The Morgan fingerprint density at radius 2 is 1.81 bits per heavy atom. The standard InChI is InChI=1S/C29H27ClN4O3/c1-18-5-2-3-6-21(18)17-31-29(37)34-26(19-7-4-8-19)16-25(33-34)24-15-23(13-14-27(24)35)32-28(36)20-9-11-22(30)12-10-20/h2-3,5-6,9-16,19,35H,4,7-8,17H2,1H3,(H,31,37)(H,32,36). The van der Waals surface area contributed by atoms with Crippen molar-refractivity contribution in [2.24, 2.45) is 0 Å². The summed E-state index contributed by atoms with van der Waals surface area (Å²) in [5, 5.41) is 21.6. The van der Waals surface area contributed by atoms with Gasteiger partial charge in [-0.15, -0.1) is 0 Å². The molecule has 0 aliphatic heterocycles. The molecule has 188 valence electrons. The fourth-order valence-electron chi connectivity index (χ4n) is 4.36. The van der Waals surface area contributed by atoms with Crippen molar-refractivity contribution < 1.29 is 14.7 Å². The molecular formula is C29H27ClN4O3. The average Bonchev–Trinajstić information content (AvgIpc) is 3.28. The average molecular weight is 515 g/mol. The predicted molar refractivity (Wildman–Crippen MR) is 144 cm³/mol. The van der Waals surface area contributed by atoms with Gasteiger partial charge in [-0.05, 0) is 79.4 Å². The second kappa shape index (κ2) is 10.5. The lowest BCUT2D eigenvalue weighted by atomic mass is 9.82. The monoisotopic (exact) mass is 514 g/mol. The van der Waals surface area contributed by atoms with Crippen LogP contribution >= 0.6 is 11.6 Å². The maximum atomic E-state index is 13.2. The number of nitrogens with one attached hydrogen (secondary N) is 2. The highest BCUT2D eigenvalue weighted by atomic mass is 35.5. The zero-order chi connectivity index (χ0) is 25.9.